The molecule has 1 rings (SSSR count). The van der Waals surface area contributed by atoms with E-state index in [0.717, 1.165) is 19.1 Å². The van der Waals surface area contributed by atoms with Gasteiger partial charge in [-0.3, -0.25) is 0 Å². The van der Waals surface area contributed by atoms with E-state index in [4.69, 9.17) is 4.74 Å². The normalized spacial score (nSPS) is 12.8. The van der Waals surface area contributed by atoms with Gasteiger partial charge in [0.2, 0.25) is 5.95 Å². The Bertz CT molecular complexity index is 247. The van der Waals surface area contributed by atoms with E-state index in [0.29, 0.717) is 5.92 Å². The van der Waals surface area contributed by atoms with Crippen LogP contribution in [0.2, 0.25) is 0 Å². The van der Waals surface area contributed by atoms with Crippen LogP contribution >= 0.6 is 0 Å². The van der Waals surface area contributed by atoms with E-state index < -0.39 is 0 Å². The van der Waals surface area contributed by atoms with Crippen LogP contribution in [-0.2, 0) is 11.8 Å². The van der Waals surface area contributed by atoms with Crippen molar-refractivity contribution in [1.29, 1.82) is 0 Å². The van der Waals surface area contributed by atoms with E-state index in [9.17, 15) is 0 Å². The second-order valence-corrected chi connectivity index (χ2v) is 3.30. The van der Waals surface area contributed by atoms with E-state index in [2.05, 4.69) is 17.2 Å². The van der Waals surface area contributed by atoms with Gasteiger partial charge in [0, 0.05) is 33.1 Å². The molecule has 1 unspecified atom stereocenters. The van der Waals surface area contributed by atoms with Crippen molar-refractivity contribution in [1.82, 2.24) is 9.55 Å². The second kappa shape index (κ2) is 4.87. The maximum atomic E-state index is 5.04. The molecule has 1 atom stereocenters. The molecule has 0 amide bonds. The molecule has 0 bridgehead atoms. The molecule has 74 valence electrons. The van der Waals surface area contributed by atoms with E-state index in [1.54, 1.807) is 13.3 Å². The van der Waals surface area contributed by atoms with Crippen molar-refractivity contribution >= 4 is 5.95 Å². The fraction of sp³-hybridized carbons (Fsp3) is 0.667. The molecule has 4 nitrogen and oxygen atoms in total. The van der Waals surface area contributed by atoms with Gasteiger partial charge in [-0.15, -0.1) is 0 Å². The Balaban J connectivity index is 2.30. The lowest BCUT2D eigenvalue weighted by Gasteiger charge is -2.11. The van der Waals surface area contributed by atoms with Gasteiger partial charge in [-0.25, -0.2) is 4.98 Å². The third-order valence-electron chi connectivity index (χ3n) is 1.88. The Kier molecular flexibility index (Phi) is 3.76. The molecule has 0 radical (unpaired) electrons. The number of aromatic nitrogens is 2. The maximum Gasteiger partial charge on any atom is 0.202 e. The minimum absolute atomic E-state index is 0.502. The van der Waals surface area contributed by atoms with E-state index in [1.165, 1.54) is 0 Å². The molecule has 0 aromatic carbocycles. The molecule has 0 saturated carbocycles. The van der Waals surface area contributed by atoms with Crippen LogP contribution in [0.25, 0.3) is 0 Å². The molecule has 13 heavy (non-hydrogen) atoms. The summed E-state index contributed by atoms with van der Waals surface area (Å²) in [6.07, 6.45) is 3.70. The highest BCUT2D eigenvalue weighted by atomic mass is 16.5. The number of rotatable bonds is 5. The number of ether oxygens (including phenoxy) is 1. The summed E-state index contributed by atoms with van der Waals surface area (Å²) in [5, 5.41) is 3.25. The topological polar surface area (TPSA) is 39.1 Å². The first-order chi connectivity index (χ1) is 6.24. The molecule has 0 aliphatic carbocycles. The molecular weight excluding hydrogens is 166 g/mol. The lowest BCUT2D eigenvalue weighted by molar-refractivity contribution is 0.164. The first-order valence-corrected chi connectivity index (χ1v) is 4.44. The third kappa shape index (κ3) is 3.06. The average Bonchev–Trinajstić information content (AvgIpc) is 2.48. The van der Waals surface area contributed by atoms with Crippen LogP contribution < -0.4 is 5.32 Å². The van der Waals surface area contributed by atoms with Crippen molar-refractivity contribution in [3.05, 3.63) is 12.4 Å². The molecule has 0 saturated heterocycles. The minimum atomic E-state index is 0.502. The standard InChI is InChI=1S/C9H17N3O/c1-8(7-13-3)6-11-9-10-4-5-12(9)2/h4-5,8H,6-7H2,1-3H3,(H,10,11). The van der Waals surface area contributed by atoms with Gasteiger partial charge in [0.05, 0.1) is 6.61 Å². The van der Waals surface area contributed by atoms with Crippen LogP contribution in [0.15, 0.2) is 12.4 Å². The molecule has 0 aliphatic rings. The Morgan fingerprint density at radius 3 is 3.00 bits per heavy atom. The van der Waals surface area contributed by atoms with Crippen LogP contribution in [0.4, 0.5) is 5.95 Å². The van der Waals surface area contributed by atoms with E-state index in [-0.39, 0.29) is 0 Å². The lowest BCUT2D eigenvalue weighted by atomic mass is 10.2. The largest absolute Gasteiger partial charge is 0.384 e. The Morgan fingerprint density at radius 1 is 1.69 bits per heavy atom. The highest BCUT2D eigenvalue weighted by molar-refractivity contribution is 5.24. The van der Waals surface area contributed by atoms with E-state index in [1.807, 2.05) is 17.8 Å². The number of aryl methyl sites for hydroxylation is 1. The number of hydrogen-bond acceptors (Lipinski definition) is 3. The van der Waals surface area contributed by atoms with Crippen molar-refractivity contribution < 1.29 is 4.74 Å². The van der Waals surface area contributed by atoms with Crippen molar-refractivity contribution in [2.75, 3.05) is 25.6 Å². The smallest absolute Gasteiger partial charge is 0.202 e. The lowest BCUT2D eigenvalue weighted by Crippen LogP contribution is -2.17. The Morgan fingerprint density at radius 2 is 2.46 bits per heavy atom. The van der Waals surface area contributed by atoms with Crippen molar-refractivity contribution in [2.24, 2.45) is 13.0 Å². The van der Waals surface area contributed by atoms with Crippen molar-refractivity contribution in [2.45, 2.75) is 6.92 Å². The number of anilines is 1. The van der Waals surface area contributed by atoms with Crippen LogP contribution in [-0.4, -0.2) is 29.8 Å². The maximum absolute atomic E-state index is 5.04. The summed E-state index contributed by atoms with van der Waals surface area (Å²) >= 11 is 0. The molecule has 1 N–H and O–H groups in total. The summed E-state index contributed by atoms with van der Waals surface area (Å²) in [7, 11) is 3.69. The van der Waals surface area contributed by atoms with Crippen LogP contribution in [0.5, 0.6) is 0 Å². The average molecular weight is 183 g/mol. The predicted molar refractivity (Wildman–Crippen MR) is 52.7 cm³/mol. The molecule has 1 heterocycles. The zero-order valence-corrected chi connectivity index (χ0v) is 8.45. The minimum Gasteiger partial charge on any atom is -0.384 e. The number of nitrogens with zero attached hydrogens (tertiary/aromatic N) is 2. The van der Waals surface area contributed by atoms with Crippen LogP contribution in [0.1, 0.15) is 6.92 Å². The van der Waals surface area contributed by atoms with Gasteiger partial charge in [0.1, 0.15) is 0 Å². The molecule has 1 aromatic rings. The highest BCUT2D eigenvalue weighted by Gasteiger charge is 2.02. The van der Waals surface area contributed by atoms with Gasteiger partial charge in [-0.1, -0.05) is 6.92 Å². The fourth-order valence-electron chi connectivity index (χ4n) is 1.14. The van der Waals surface area contributed by atoms with Gasteiger partial charge in [0.25, 0.3) is 0 Å². The fourth-order valence-corrected chi connectivity index (χ4v) is 1.14. The van der Waals surface area contributed by atoms with Crippen molar-refractivity contribution in [3.8, 4) is 0 Å². The first-order valence-electron chi connectivity index (χ1n) is 4.44. The summed E-state index contributed by atoms with van der Waals surface area (Å²) in [5.74, 6) is 1.41. The number of imidazole rings is 1. The molecule has 1 aromatic heterocycles. The molecule has 0 spiro atoms. The number of nitrogens with one attached hydrogen (secondary N) is 1. The quantitative estimate of drug-likeness (QED) is 0.743. The molecule has 0 aliphatic heterocycles. The van der Waals surface area contributed by atoms with Gasteiger partial charge in [-0.2, -0.15) is 0 Å². The summed E-state index contributed by atoms with van der Waals surface area (Å²) < 4.78 is 6.99. The zero-order valence-electron chi connectivity index (χ0n) is 8.45. The number of methoxy groups -OCH3 is 1. The van der Waals surface area contributed by atoms with Crippen molar-refractivity contribution in [3.63, 3.8) is 0 Å². The molecular formula is C9H17N3O. The Labute approximate surface area is 78.9 Å². The monoisotopic (exact) mass is 183 g/mol. The second-order valence-electron chi connectivity index (χ2n) is 3.30. The van der Waals surface area contributed by atoms with E-state index >= 15 is 0 Å². The first kappa shape index (κ1) is 10.1. The zero-order chi connectivity index (χ0) is 9.68. The molecule has 4 heteroatoms. The molecule has 0 fully saturated rings. The van der Waals surface area contributed by atoms with Gasteiger partial charge in [0.15, 0.2) is 0 Å². The summed E-state index contributed by atoms with van der Waals surface area (Å²) in [4.78, 5) is 4.16. The summed E-state index contributed by atoms with van der Waals surface area (Å²) in [5.41, 5.74) is 0. The highest BCUT2D eigenvalue weighted by Crippen LogP contribution is 2.02. The van der Waals surface area contributed by atoms with Gasteiger partial charge in [-0.05, 0) is 5.92 Å². The third-order valence-corrected chi connectivity index (χ3v) is 1.88. The SMILES string of the molecule is COCC(C)CNc1nccn1C. The summed E-state index contributed by atoms with van der Waals surface area (Å²) in [6, 6.07) is 0. The van der Waals surface area contributed by atoms with Crippen LogP contribution in [0.3, 0.4) is 0 Å². The number of hydrogen-bond donors (Lipinski definition) is 1. The summed E-state index contributed by atoms with van der Waals surface area (Å²) in [6.45, 7) is 3.80. The Hall–Kier alpha value is -1.03. The van der Waals surface area contributed by atoms with Gasteiger partial charge >= 0.3 is 0 Å². The predicted octanol–water partition coefficient (Wildman–Crippen LogP) is 1.11. The van der Waals surface area contributed by atoms with Gasteiger partial charge < -0.3 is 14.6 Å². The van der Waals surface area contributed by atoms with Crippen LogP contribution in [0, 0.1) is 5.92 Å².